The van der Waals surface area contributed by atoms with Crippen LogP contribution in [0.25, 0.3) is 5.65 Å². The lowest BCUT2D eigenvalue weighted by Gasteiger charge is -2.35. The molecule has 25 heavy (non-hydrogen) atoms. The second-order valence-electron chi connectivity index (χ2n) is 6.20. The van der Waals surface area contributed by atoms with Crippen molar-refractivity contribution < 1.29 is 4.74 Å². The average molecular weight is 339 g/mol. The molecule has 0 amide bonds. The minimum atomic E-state index is 0.260. The molecule has 1 aromatic carbocycles. The topological polar surface area (TPSA) is 80.5 Å². The van der Waals surface area contributed by atoms with Crippen LogP contribution in [-0.2, 0) is 4.74 Å². The SMILES string of the molecule is Cc1ccc([C@@H](CNc2ccc3nnnn3n2)N2CCOCC2)cc1. The van der Waals surface area contributed by atoms with Gasteiger partial charge in [0.25, 0.3) is 0 Å². The summed E-state index contributed by atoms with van der Waals surface area (Å²) in [4.78, 5) is 2.46. The predicted octanol–water partition coefficient (Wildman–Crippen LogP) is 1.31. The maximum Gasteiger partial charge on any atom is 0.200 e. The molecule has 8 heteroatoms. The highest BCUT2D eigenvalue weighted by atomic mass is 16.5. The van der Waals surface area contributed by atoms with Crippen LogP contribution in [-0.4, -0.2) is 63.0 Å². The molecule has 0 bridgehead atoms. The number of morpholine rings is 1. The van der Waals surface area contributed by atoms with Gasteiger partial charge in [-0.3, -0.25) is 4.90 Å². The maximum atomic E-state index is 5.51. The van der Waals surface area contributed by atoms with E-state index in [0.29, 0.717) is 5.65 Å². The van der Waals surface area contributed by atoms with Crippen LogP contribution in [0.4, 0.5) is 5.82 Å². The number of tetrazole rings is 1. The number of hydrogen-bond acceptors (Lipinski definition) is 7. The van der Waals surface area contributed by atoms with E-state index < -0.39 is 0 Å². The zero-order chi connectivity index (χ0) is 17.1. The molecule has 1 N–H and O–H groups in total. The normalized spacial score (nSPS) is 16.8. The summed E-state index contributed by atoms with van der Waals surface area (Å²) in [6.07, 6.45) is 0. The summed E-state index contributed by atoms with van der Waals surface area (Å²) in [6, 6.07) is 12.7. The highest BCUT2D eigenvalue weighted by Gasteiger charge is 2.22. The highest BCUT2D eigenvalue weighted by molar-refractivity contribution is 5.42. The fraction of sp³-hybridized carbons (Fsp3) is 0.412. The Morgan fingerprint density at radius 3 is 2.72 bits per heavy atom. The molecule has 0 spiro atoms. The molecule has 3 heterocycles. The first kappa shape index (κ1) is 15.9. The third-order valence-corrected chi connectivity index (χ3v) is 4.49. The summed E-state index contributed by atoms with van der Waals surface area (Å²) in [7, 11) is 0. The van der Waals surface area contributed by atoms with Crippen molar-refractivity contribution in [2.75, 3.05) is 38.2 Å². The second-order valence-corrected chi connectivity index (χ2v) is 6.20. The third-order valence-electron chi connectivity index (χ3n) is 4.49. The third kappa shape index (κ3) is 3.59. The number of nitrogens with one attached hydrogen (secondary N) is 1. The van der Waals surface area contributed by atoms with Crippen molar-refractivity contribution in [1.82, 2.24) is 30.2 Å². The van der Waals surface area contributed by atoms with Gasteiger partial charge >= 0.3 is 0 Å². The summed E-state index contributed by atoms with van der Waals surface area (Å²) in [5.74, 6) is 0.755. The minimum absolute atomic E-state index is 0.260. The van der Waals surface area contributed by atoms with Gasteiger partial charge in [-0.1, -0.05) is 29.8 Å². The molecular formula is C17H21N7O. The Labute approximate surface area is 145 Å². The second kappa shape index (κ2) is 7.12. The van der Waals surface area contributed by atoms with Crippen molar-refractivity contribution >= 4 is 11.5 Å². The first-order valence-electron chi connectivity index (χ1n) is 8.47. The Morgan fingerprint density at radius 2 is 1.92 bits per heavy atom. The van der Waals surface area contributed by atoms with Gasteiger partial charge in [0, 0.05) is 19.6 Å². The Kier molecular flexibility index (Phi) is 4.53. The number of aromatic nitrogens is 5. The Morgan fingerprint density at radius 1 is 1.12 bits per heavy atom. The lowest BCUT2D eigenvalue weighted by molar-refractivity contribution is 0.0187. The molecule has 130 valence electrons. The molecule has 1 atom stereocenters. The van der Waals surface area contributed by atoms with Crippen LogP contribution in [0.3, 0.4) is 0 Å². The van der Waals surface area contributed by atoms with Crippen LogP contribution < -0.4 is 5.32 Å². The van der Waals surface area contributed by atoms with Crippen molar-refractivity contribution in [1.29, 1.82) is 0 Å². The number of anilines is 1. The van der Waals surface area contributed by atoms with E-state index in [4.69, 9.17) is 4.74 Å². The first-order chi connectivity index (χ1) is 12.3. The zero-order valence-corrected chi connectivity index (χ0v) is 14.2. The fourth-order valence-electron chi connectivity index (χ4n) is 3.08. The zero-order valence-electron chi connectivity index (χ0n) is 14.2. The summed E-state index contributed by atoms with van der Waals surface area (Å²) >= 11 is 0. The molecule has 0 saturated carbocycles. The van der Waals surface area contributed by atoms with Crippen LogP contribution >= 0.6 is 0 Å². The van der Waals surface area contributed by atoms with Crippen LogP contribution in [0.1, 0.15) is 17.2 Å². The van der Waals surface area contributed by atoms with Crippen molar-refractivity contribution in [3.63, 3.8) is 0 Å². The molecule has 2 aromatic heterocycles. The Balaban J connectivity index is 1.53. The molecule has 3 aromatic rings. The number of rotatable bonds is 5. The van der Waals surface area contributed by atoms with Crippen molar-refractivity contribution in [3.05, 3.63) is 47.5 Å². The number of aryl methyl sites for hydroxylation is 1. The first-order valence-corrected chi connectivity index (χ1v) is 8.47. The largest absolute Gasteiger partial charge is 0.379 e. The van der Waals surface area contributed by atoms with Gasteiger partial charge in [-0.05, 0) is 35.0 Å². The van der Waals surface area contributed by atoms with Gasteiger partial charge in [-0.15, -0.1) is 14.8 Å². The van der Waals surface area contributed by atoms with E-state index in [2.05, 4.69) is 62.0 Å². The quantitative estimate of drug-likeness (QED) is 0.751. The molecule has 0 aliphatic carbocycles. The summed E-state index contributed by atoms with van der Waals surface area (Å²) < 4.78 is 6.94. The average Bonchev–Trinajstić information content (AvgIpc) is 3.12. The van der Waals surface area contributed by atoms with E-state index in [0.717, 1.165) is 38.7 Å². The van der Waals surface area contributed by atoms with Gasteiger partial charge in [0.05, 0.1) is 19.3 Å². The van der Waals surface area contributed by atoms with Gasteiger partial charge < -0.3 is 10.1 Å². The van der Waals surface area contributed by atoms with Gasteiger partial charge in [-0.25, -0.2) is 0 Å². The molecule has 0 unspecified atom stereocenters. The number of fused-ring (bicyclic) bond motifs is 1. The van der Waals surface area contributed by atoms with E-state index in [1.807, 2.05) is 12.1 Å². The van der Waals surface area contributed by atoms with Crippen molar-refractivity contribution in [2.24, 2.45) is 0 Å². The van der Waals surface area contributed by atoms with Crippen molar-refractivity contribution in [2.45, 2.75) is 13.0 Å². The van der Waals surface area contributed by atoms with E-state index in [1.54, 1.807) is 0 Å². The lowest BCUT2D eigenvalue weighted by atomic mass is 10.0. The van der Waals surface area contributed by atoms with Gasteiger partial charge in [0.1, 0.15) is 5.82 Å². The number of hydrogen-bond donors (Lipinski definition) is 1. The Bertz CT molecular complexity index is 826. The molecular weight excluding hydrogens is 318 g/mol. The molecule has 1 aliphatic rings. The number of ether oxygens (including phenoxy) is 1. The smallest absolute Gasteiger partial charge is 0.200 e. The molecule has 8 nitrogen and oxygen atoms in total. The lowest BCUT2D eigenvalue weighted by Crippen LogP contribution is -2.41. The molecule has 1 fully saturated rings. The van der Waals surface area contributed by atoms with Gasteiger partial charge in [0.2, 0.25) is 0 Å². The Hall–Kier alpha value is -2.58. The van der Waals surface area contributed by atoms with E-state index in [1.165, 1.54) is 15.8 Å². The fourth-order valence-corrected chi connectivity index (χ4v) is 3.08. The van der Waals surface area contributed by atoms with Crippen molar-refractivity contribution in [3.8, 4) is 0 Å². The number of nitrogens with zero attached hydrogens (tertiary/aromatic N) is 6. The molecule has 1 saturated heterocycles. The predicted molar refractivity (Wildman–Crippen MR) is 93.4 cm³/mol. The summed E-state index contributed by atoms with van der Waals surface area (Å²) in [5.41, 5.74) is 3.19. The van der Waals surface area contributed by atoms with Gasteiger partial charge in [-0.2, -0.15) is 0 Å². The summed E-state index contributed by atoms with van der Waals surface area (Å²) in [5, 5.41) is 19.1. The van der Waals surface area contributed by atoms with Crippen LogP contribution in [0.2, 0.25) is 0 Å². The van der Waals surface area contributed by atoms with Crippen LogP contribution in [0, 0.1) is 6.92 Å². The summed E-state index contributed by atoms with van der Waals surface area (Å²) in [6.45, 7) is 6.27. The maximum absolute atomic E-state index is 5.51. The van der Waals surface area contributed by atoms with E-state index in [9.17, 15) is 0 Å². The van der Waals surface area contributed by atoms with Gasteiger partial charge in [0.15, 0.2) is 5.65 Å². The monoisotopic (exact) mass is 339 g/mol. The standard InChI is InChI=1S/C17H21N7O/c1-13-2-4-14(5-3-13)15(23-8-10-25-11-9-23)12-18-16-6-7-17-19-21-22-24(17)20-16/h2-7,15H,8-12H2,1H3,(H,18,20)/t15-/m1/s1. The number of benzene rings is 1. The van der Waals surface area contributed by atoms with E-state index in [-0.39, 0.29) is 6.04 Å². The molecule has 0 radical (unpaired) electrons. The highest BCUT2D eigenvalue weighted by Crippen LogP contribution is 2.23. The van der Waals surface area contributed by atoms with E-state index >= 15 is 0 Å². The molecule has 4 rings (SSSR count). The van der Waals surface area contributed by atoms with Crippen LogP contribution in [0.5, 0.6) is 0 Å². The minimum Gasteiger partial charge on any atom is -0.379 e. The van der Waals surface area contributed by atoms with Crippen LogP contribution in [0.15, 0.2) is 36.4 Å². The molecule has 1 aliphatic heterocycles.